The van der Waals surface area contributed by atoms with E-state index in [2.05, 4.69) is 9.98 Å². The van der Waals surface area contributed by atoms with Crippen molar-refractivity contribution in [3.63, 3.8) is 0 Å². The molecule has 2 aromatic rings. The van der Waals surface area contributed by atoms with E-state index in [9.17, 15) is 19.2 Å². The highest BCUT2D eigenvalue weighted by atomic mass is 16.2. The summed E-state index contributed by atoms with van der Waals surface area (Å²) < 4.78 is 0. The summed E-state index contributed by atoms with van der Waals surface area (Å²) in [4.78, 5) is 62.0. The Morgan fingerprint density at radius 3 is 1.29 bits per heavy atom. The molecule has 0 saturated carbocycles. The van der Waals surface area contributed by atoms with Gasteiger partial charge in [0.2, 0.25) is 11.8 Å². The lowest BCUT2D eigenvalue weighted by atomic mass is 9.83. The summed E-state index contributed by atoms with van der Waals surface area (Å²) in [6.07, 6.45) is 0. The van der Waals surface area contributed by atoms with E-state index in [1.807, 2.05) is 13.8 Å². The molecule has 3 rings (SSSR count). The zero-order chi connectivity index (χ0) is 25.2. The Kier molecular flexibility index (Phi) is 7.20. The van der Waals surface area contributed by atoms with E-state index >= 15 is 0 Å². The first-order valence-corrected chi connectivity index (χ1v) is 11.1. The van der Waals surface area contributed by atoms with Gasteiger partial charge in [-0.3, -0.25) is 19.2 Å². The van der Waals surface area contributed by atoms with E-state index in [1.54, 1.807) is 50.2 Å². The van der Waals surface area contributed by atoms with Crippen LogP contribution in [-0.2, 0) is 9.59 Å². The second-order valence-electron chi connectivity index (χ2n) is 7.96. The molecule has 176 valence electrons. The molecule has 2 aromatic carbocycles. The highest BCUT2D eigenvalue weighted by Crippen LogP contribution is 2.32. The molecule has 0 unspecified atom stereocenters. The Bertz CT molecular complexity index is 1160. The van der Waals surface area contributed by atoms with Crippen molar-refractivity contribution in [1.82, 2.24) is 9.80 Å². The Morgan fingerprint density at radius 1 is 0.647 bits per heavy atom. The molecule has 0 heterocycles. The Labute approximate surface area is 199 Å². The van der Waals surface area contributed by atoms with Gasteiger partial charge in [0, 0.05) is 49.2 Å². The van der Waals surface area contributed by atoms with Crippen molar-refractivity contribution in [2.75, 3.05) is 13.1 Å². The SMILES string of the molecule is CCN(C(C)=O)C(C)=Nc1ccc2c(c1)C(=O)c1ccc(N=C(C)N(CC)C(C)=O)cc1C2=O. The van der Waals surface area contributed by atoms with Crippen LogP contribution in [0.5, 0.6) is 0 Å². The highest BCUT2D eigenvalue weighted by molar-refractivity contribution is 6.28. The number of amidine groups is 2. The van der Waals surface area contributed by atoms with Crippen molar-refractivity contribution in [2.24, 2.45) is 9.98 Å². The number of nitrogens with zero attached hydrogens (tertiary/aromatic N) is 4. The van der Waals surface area contributed by atoms with E-state index in [0.29, 0.717) is 47.3 Å². The highest BCUT2D eigenvalue weighted by Gasteiger charge is 2.30. The van der Waals surface area contributed by atoms with Crippen LogP contribution in [0.1, 0.15) is 73.4 Å². The molecule has 0 atom stereocenters. The second-order valence-corrected chi connectivity index (χ2v) is 7.96. The van der Waals surface area contributed by atoms with Crippen molar-refractivity contribution in [3.8, 4) is 0 Å². The molecule has 1 aliphatic rings. The number of ketones is 2. The van der Waals surface area contributed by atoms with Crippen LogP contribution in [-0.4, -0.2) is 57.9 Å². The number of rotatable bonds is 4. The largest absolute Gasteiger partial charge is 0.301 e. The molecule has 0 N–H and O–H groups in total. The van der Waals surface area contributed by atoms with E-state index < -0.39 is 0 Å². The molecule has 0 aliphatic heterocycles. The summed E-state index contributed by atoms with van der Waals surface area (Å²) in [7, 11) is 0. The Morgan fingerprint density at radius 2 is 1.00 bits per heavy atom. The number of carbonyl (C=O) groups is 4. The molecule has 34 heavy (non-hydrogen) atoms. The fourth-order valence-corrected chi connectivity index (χ4v) is 4.12. The monoisotopic (exact) mass is 460 g/mol. The van der Waals surface area contributed by atoms with E-state index in [-0.39, 0.29) is 34.5 Å². The van der Waals surface area contributed by atoms with Gasteiger partial charge in [-0.05, 0) is 64.1 Å². The second kappa shape index (κ2) is 9.91. The average molecular weight is 461 g/mol. The summed E-state index contributed by atoms with van der Waals surface area (Å²) in [6, 6.07) is 9.65. The quantitative estimate of drug-likeness (QED) is 0.428. The third-order valence-electron chi connectivity index (χ3n) is 5.74. The topological polar surface area (TPSA) is 99.5 Å². The maximum Gasteiger partial charge on any atom is 0.224 e. The van der Waals surface area contributed by atoms with Crippen LogP contribution < -0.4 is 0 Å². The molecular formula is C26H28N4O4. The molecule has 1 aliphatic carbocycles. The Hall–Kier alpha value is -3.94. The van der Waals surface area contributed by atoms with E-state index in [1.165, 1.54) is 23.6 Å². The van der Waals surface area contributed by atoms with Crippen LogP contribution >= 0.6 is 0 Å². The molecule has 0 radical (unpaired) electrons. The van der Waals surface area contributed by atoms with Gasteiger partial charge in [-0.15, -0.1) is 0 Å². The predicted molar refractivity (Wildman–Crippen MR) is 131 cm³/mol. The fraction of sp³-hybridized carbons (Fsp3) is 0.308. The normalized spacial score (nSPS) is 13.4. The number of benzene rings is 2. The molecule has 0 saturated heterocycles. The van der Waals surface area contributed by atoms with Crippen LogP contribution in [0, 0.1) is 0 Å². The van der Waals surface area contributed by atoms with Gasteiger partial charge in [0.25, 0.3) is 0 Å². The van der Waals surface area contributed by atoms with Gasteiger partial charge in [-0.2, -0.15) is 0 Å². The fourth-order valence-electron chi connectivity index (χ4n) is 4.12. The predicted octanol–water partition coefficient (Wildman–Crippen LogP) is 4.30. The first-order valence-electron chi connectivity index (χ1n) is 11.1. The average Bonchev–Trinajstić information content (AvgIpc) is 2.77. The number of hydrogen-bond acceptors (Lipinski definition) is 6. The third kappa shape index (κ3) is 4.71. The van der Waals surface area contributed by atoms with Gasteiger partial charge in [0.15, 0.2) is 11.6 Å². The maximum atomic E-state index is 13.2. The molecule has 0 aromatic heterocycles. The zero-order valence-corrected chi connectivity index (χ0v) is 20.3. The van der Waals surface area contributed by atoms with Gasteiger partial charge < -0.3 is 9.80 Å². The third-order valence-corrected chi connectivity index (χ3v) is 5.74. The van der Waals surface area contributed by atoms with Crippen LogP contribution in [0.3, 0.4) is 0 Å². The minimum absolute atomic E-state index is 0.124. The lowest BCUT2D eigenvalue weighted by Crippen LogP contribution is -2.33. The van der Waals surface area contributed by atoms with E-state index in [0.717, 1.165) is 0 Å². The lowest BCUT2D eigenvalue weighted by molar-refractivity contribution is -0.125. The summed E-state index contributed by atoms with van der Waals surface area (Å²) in [5.74, 6) is 0.222. The van der Waals surface area contributed by atoms with Crippen LogP contribution in [0.15, 0.2) is 46.4 Å². The Balaban J connectivity index is 1.99. The summed E-state index contributed by atoms with van der Waals surface area (Å²) in [5, 5.41) is 0. The van der Waals surface area contributed by atoms with Crippen molar-refractivity contribution < 1.29 is 19.2 Å². The molecule has 8 nitrogen and oxygen atoms in total. The minimum Gasteiger partial charge on any atom is -0.301 e. The van der Waals surface area contributed by atoms with Crippen LogP contribution in [0.25, 0.3) is 0 Å². The van der Waals surface area contributed by atoms with Crippen LogP contribution in [0.2, 0.25) is 0 Å². The summed E-state index contributed by atoms with van der Waals surface area (Å²) >= 11 is 0. The van der Waals surface area contributed by atoms with Gasteiger partial charge in [0.1, 0.15) is 11.7 Å². The zero-order valence-electron chi connectivity index (χ0n) is 20.3. The smallest absolute Gasteiger partial charge is 0.224 e. The first kappa shape index (κ1) is 24.7. The maximum absolute atomic E-state index is 13.2. The number of aliphatic imine (C=N–C) groups is 2. The van der Waals surface area contributed by atoms with E-state index in [4.69, 9.17) is 0 Å². The van der Waals surface area contributed by atoms with Gasteiger partial charge >= 0.3 is 0 Å². The summed E-state index contributed by atoms with van der Waals surface area (Å²) in [6.45, 7) is 11.0. The van der Waals surface area contributed by atoms with Gasteiger partial charge in [-0.1, -0.05) is 0 Å². The van der Waals surface area contributed by atoms with Crippen molar-refractivity contribution in [1.29, 1.82) is 0 Å². The standard InChI is InChI=1S/C26H28N4O4/c1-7-29(17(5)31)15(3)27-19-9-11-21-23(13-19)25(33)22-12-10-20(14-24(22)26(21)34)28-16(4)30(8-2)18(6)32/h9-14H,7-8H2,1-6H3. The number of carbonyl (C=O) groups excluding carboxylic acids is 4. The molecule has 2 amide bonds. The van der Waals surface area contributed by atoms with Gasteiger partial charge in [-0.25, -0.2) is 9.98 Å². The lowest BCUT2D eigenvalue weighted by Gasteiger charge is -2.20. The molecule has 0 bridgehead atoms. The molecular weight excluding hydrogens is 432 g/mol. The first-order chi connectivity index (χ1) is 16.1. The molecule has 0 spiro atoms. The molecule has 8 heteroatoms. The van der Waals surface area contributed by atoms with Crippen molar-refractivity contribution in [3.05, 3.63) is 58.7 Å². The minimum atomic E-state index is -0.274. The number of hydrogen-bond donors (Lipinski definition) is 0. The molecule has 0 fully saturated rings. The summed E-state index contributed by atoms with van der Waals surface area (Å²) in [5.41, 5.74) is 2.12. The number of fused-ring (bicyclic) bond motifs is 2. The van der Waals surface area contributed by atoms with Gasteiger partial charge in [0.05, 0.1) is 11.4 Å². The number of amides is 2. The van der Waals surface area contributed by atoms with Crippen molar-refractivity contribution >= 4 is 46.4 Å². The van der Waals surface area contributed by atoms with Crippen LogP contribution in [0.4, 0.5) is 11.4 Å². The van der Waals surface area contributed by atoms with Crippen molar-refractivity contribution in [2.45, 2.75) is 41.5 Å².